The third-order valence-corrected chi connectivity index (χ3v) is 3.11. The van der Waals surface area contributed by atoms with Crippen LogP contribution in [0, 0.1) is 0 Å². The van der Waals surface area contributed by atoms with Gasteiger partial charge in [0.05, 0.1) is 0 Å². The molecule has 4 heteroatoms. The first kappa shape index (κ1) is 18.4. The number of hydrogen-bond donors (Lipinski definition) is 0. The van der Waals surface area contributed by atoms with Gasteiger partial charge in [0.15, 0.2) is 0 Å². The van der Waals surface area contributed by atoms with E-state index in [0.29, 0.717) is 0 Å². The van der Waals surface area contributed by atoms with E-state index in [1.807, 2.05) is 13.8 Å². The van der Waals surface area contributed by atoms with Gasteiger partial charge in [-0.1, -0.05) is 27.0 Å². The number of unbranched alkanes of at least 4 members (excludes halogenated alkanes) is 1. The molecule has 0 saturated heterocycles. The maximum absolute atomic E-state index is 11.1. The summed E-state index contributed by atoms with van der Waals surface area (Å²) in [6.45, 7) is 10.7. The molecule has 4 nitrogen and oxygen atoms in total. The number of rotatable bonds is 11. The zero-order valence-electron chi connectivity index (χ0n) is 12.6. The molecule has 0 bridgehead atoms. The summed E-state index contributed by atoms with van der Waals surface area (Å²) in [6.07, 6.45) is 7.35. The lowest BCUT2D eigenvalue weighted by Gasteiger charge is -2.17. The summed E-state index contributed by atoms with van der Waals surface area (Å²) in [5, 5.41) is 0. The maximum Gasteiger partial charge on any atom is 0.330 e. The van der Waals surface area contributed by atoms with Gasteiger partial charge in [-0.2, -0.15) is 0 Å². The Morgan fingerprint density at radius 2 is 1.25 bits per heavy atom. The van der Waals surface area contributed by atoms with E-state index in [0.717, 1.165) is 38.5 Å². The highest BCUT2D eigenvalue weighted by Gasteiger charge is 2.12. The molecular weight excluding hydrogens is 256 g/mol. The Hall–Kier alpha value is -1.58. The quantitative estimate of drug-likeness (QED) is 0.330. The Bertz CT molecular complexity index is 290. The molecule has 0 aliphatic carbocycles. The second-order valence-electron chi connectivity index (χ2n) is 4.63. The van der Waals surface area contributed by atoms with Crippen LogP contribution in [0.5, 0.6) is 0 Å². The molecule has 0 fully saturated rings. The average Bonchev–Trinajstić information content (AvgIpc) is 2.48. The largest absolute Gasteiger partial charge is 0.459 e. The van der Waals surface area contributed by atoms with E-state index in [1.54, 1.807) is 0 Å². The fourth-order valence-corrected chi connectivity index (χ4v) is 1.86. The highest BCUT2D eigenvalue weighted by atomic mass is 16.5. The van der Waals surface area contributed by atoms with Crippen molar-refractivity contribution >= 4 is 11.9 Å². The van der Waals surface area contributed by atoms with E-state index in [9.17, 15) is 9.59 Å². The summed E-state index contributed by atoms with van der Waals surface area (Å²) in [4.78, 5) is 22.2. The Morgan fingerprint density at radius 3 is 1.50 bits per heavy atom. The molecule has 0 aromatic rings. The molecule has 0 aromatic carbocycles. The van der Waals surface area contributed by atoms with Crippen molar-refractivity contribution < 1.29 is 19.1 Å². The van der Waals surface area contributed by atoms with Crippen LogP contribution in [0.3, 0.4) is 0 Å². The summed E-state index contributed by atoms with van der Waals surface area (Å²) < 4.78 is 10.4. The van der Waals surface area contributed by atoms with Crippen LogP contribution in [0.2, 0.25) is 0 Å². The molecule has 0 N–H and O–H groups in total. The van der Waals surface area contributed by atoms with Gasteiger partial charge in [-0.15, -0.1) is 0 Å². The van der Waals surface area contributed by atoms with Crippen molar-refractivity contribution in [3.63, 3.8) is 0 Å². The predicted molar refractivity (Wildman–Crippen MR) is 79.2 cm³/mol. The third-order valence-electron chi connectivity index (χ3n) is 3.11. The smallest absolute Gasteiger partial charge is 0.330 e. The summed E-state index contributed by atoms with van der Waals surface area (Å²) >= 11 is 0. The molecular formula is C16H26O4. The van der Waals surface area contributed by atoms with E-state index in [-0.39, 0.29) is 24.1 Å². The molecule has 2 atom stereocenters. The summed E-state index contributed by atoms with van der Waals surface area (Å²) in [6, 6.07) is 0. The van der Waals surface area contributed by atoms with Crippen molar-refractivity contribution in [1.29, 1.82) is 0 Å². The summed E-state index contributed by atoms with van der Waals surface area (Å²) in [5.41, 5.74) is 0. The normalized spacial score (nSPS) is 13.1. The van der Waals surface area contributed by atoms with E-state index >= 15 is 0 Å². The minimum Gasteiger partial charge on any atom is -0.459 e. The second kappa shape index (κ2) is 11.3. The highest BCUT2D eigenvalue weighted by Crippen LogP contribution is 2.14. The van der Waals surface area contributed by atoms with Crippen LogP contribution in [-0.4, -0.2) is 24.1 Å². The van der Waals surface area contributed by atoms with Crippen LogP contribution >= 0.6 is 0 Å². The Balaban J connectivity index is 3.91. The third kappa shape index (κ3) is 8.51. The molecule has 0 aliphatic heterocycles. The number of carbonyl (C=O) groups is 2. The van der Waals surface area contributed by atoms with E-state index in [4.69, 9.17) is 9.47 Å². The molecule has 0 heterocycles. The molecule has 0 aliphatic rings. The van der Waals surface area contributed by atoms with Crippen molar-refractivity contribution in [2.75, 3.05) is 0 Å². The summed E-state index contributed by atoms with van der Waals surface area (Å²) in [7, 11) is 0. The van der Waals surface area contributed by atoms with Gasteiger partial charge < -0.3 is 9.47 Å². The van der Waals surface area contributed by atoms with Crippen LogP contribution in [-0.2, 0) is 19.1 Å². The van der Waals surface area contributed by atoms with Crippen molar-refractivity contribution in [3.8, 4) is 0 Å². The predicted octanol–water partition coefficient (Wildman–Crippen LogP) is 3.56. The van der Waals surface area contributed by atoms with Crippen molar-refractivity contribution in [2.24, 2.45) is 0 Å². The van der Waals surface area contributed by atoms with Gasteiger partial charge in [0.25, 0.3) is 0 Å². The van der Waals surface area contributed by atoms with Gasteiger partial charge in [0.1, 0.15) is 12.2 Å². The molecule has 114 valence electrons. The van der Waals surface area contributed by atoms with Crippen LogP contribution in [0.25, 0.3) is 0 Å². The fourth-order valence-electron chi connectivity index (χ4n) is 1.86. The van der Waals surface area contributed by atoms with Gasteiger partial charge in [-0.05, 0) is 38.5 Å². The topological polar surface area (TPSA) is 52.6 Å². The monoisotopic (exact) mass is 282 g/mol. The van der Waals surface area contributed by atoms with Gasteiger partial charge in [-0.25, -0.2) is 9.59 Å². The Labute approximate surface area is 121 Å². The molecule has 0 aromatic heterocycles. The number of ether oxygens (including phenoxy) is 2. The Kier molecular flexibility index (Phi) is 10.4. The van der Waals surface area contributed by atoms with Crippen molar-refractivity contribution in [3.05, 3.63) is 25.3 Å². The fraction of sp³-hybridized carbons (Fsp3) is 0.625. The minimum atomic E-state index is -0.372. The molecule has 0 saturated carbocycles. The molecule has 2 unspecified atom stereocenters. The molecule has 0 spiro atoms. The van der Waals surface area contributed by atoms with Crippen LogP contribution in [0.1, 0.15) is 52.4 Å². The highest BCUT2D eigenvalue weighted by molar-refractivity contribution is 5.81. The van der Waals surface area contributed by atoms with Crippen LogP contribution in [0.15, 0.2) is 25.3 Å². The standard InChI is InChI=1S/C16H26O4/c1-5-13(19-15(17)7-3)11-9-10-12-14(6-2)20-16(18)8-4/h7-8,13-14H,3-6,9-12H2,1-2H3. The lowest BCUT2D eigenvalue weighted by molar-refractivity contribution is -0.145. The molecule has 20 heavy (non-hydrogen) atoms. The maximum atomic E-state index is 11.1. The van der Waals surface area contributed by atoms with Gasteiger partial charge in [-0.3, -0.25) is 0 Å². The molecule has 0 radical (unpaired) electrons. The lowest BCUT2D eigenvalue weighted by Crippen LogP contribution is -2.17. The first-order valence-electron chi connectivity index (χ1n) is 7.23. The first-order chi connectivity index (χ1) is 9.57. The van der Waals surface area contributed by atoms with E-state index in [2.05, 4.69) is 13.2 Å². The molecule has 0 amide bonds. The first-order valence-corrected chi connectivity index (χ1v) is 7.23. The van der Waals surface area contributed by atoms with E-state index in [1.165, 1.54) is 12.2 Å². The van der Waals surface area contributed by atoms with Gasteiger partial charge in [0.2, 0.25) is 0 Å². The average molecular weight is 282 g/mol. The Morgan fingerprint density at radius 1 is 0.900 bits per heavy atom. The molecule has 0 rings (SSSR count). The zero-order chi connectivity index (χ0) is 15.4. The number of hydrogen-bond acceptors (Lipinski definition) is 4. The minimum absolute atomic E-state index is 0.0590. The van der Waals surface area contributed by atoms with Crippen LogP contribution < -0.4 is 0 Å². The van der Waals surface area contributed by atoms with Gasteiger partial charge >= 0.3 is 11.9 Å². The van der Waals surface area contributed by atoms with Gasteiger partial charge in [0, 0.05) is 12.2 Å². The zero-order valence-corrected chi connectivity index (χ0v) is 12.6. The second-order valence-corrected chi connectivity index (χ2v) is 4.63. The number of carbonyl (C=O) groups excluding carboxylic acids is 2. The lowest BCUT2D eigenvalue weighted by atomic mass is 10.0. The SMILES string of the molecule is C=CC(=O)OC(CC)CCCCC(CC)OC(=O)C=C. The van der Waals surface area contributed by atoms with E-state index < -0.39 is 0 Å². The van der Waals surface area contributed by atoms with Crippen molar-refractivity contribution in [2.45, 2.75) is 64.6 Å². The van der Waals surface area contributed by atoms with Crippen molar-refractivity contribution in [1.82, 2.24) is 0 Å². The number of esters is 2. The summed E-state index contributed by atoms with van der Waals surface area (Å²) in [5.74, 6) is -0.744. The van der Waals surface area contributed by atoms with Crippen LogP contribution in [0.4, 0.5) is 0 Å².